The highest BCUT2D eigenvalue weighted by Crippen LogP contribution is 2.63. The summed E-state index contributed by atoms with van der Waals surface area (Å²) in [7, 11) is 0. The van der Waals surface area contributed by atoms with Gasteiger partial charge in [-0.2, -0.15) is 0 Å². The molecule has 1 fully saturated rings. The predicted molar refractivity (Wildman–Crippen MR) is 194 cm³/mol. The molecule has 2 aromatic carbocycles. The first-order valence-electron chi connectivity index (χ1n) is 17.5. The zero-order valence-corrected chi connectivity index (χ0v) is 29.6. The summed E-state index contributed by atoms with van der Waals surface area (Å²) in [6, 6.07) is 16.6. The summed E-state index contributed by atoms with van der Waals surface area (Å²) in [6.07, 6.45) is 11.8. The first kappa shape index (κ1) is 36.2. The molecule has 0 bridgehead atoms. The zero-order valence-electron chi connectivity index (χ0n) is 28.8. The minimum atomic E-state index is -1.02. The van der Waals surface area contributed by atoms with E-state index in [9.17, 15) is 10.2 Å². The second kappa shape index (κ2) is 16.6. The minimum Gasteiger partial charge on any atom is -0.490 e. The van der Waals surface area contributed by atoms with E-state index in [0.29, 0.717) is 19.6 Å². The zero-order chi connectivity index (χ0) is 34.1. The number of unbranched alkanes of at least 4 members (excludes halogenated alkanes) is 2. The highest BCUT2D eigenvalue weighted by atomic mass is 32.2. The summed E-state index contributed by atoms with van der Waals surface area (Å²) in [5, 5.41) is 24.3. The number of rotatable bonds is 17. The van der Waals surface area contributed by atoms with Gasteiger partial charge in [0.1, 0.15) is 23.7 Å². The molecule has 1 saturated carbocycles. The van der Waals surface area contributed by atoms with Crippen LogP contribution in [0.25, 0.3) is 0 Å². The molecule has 3 aliphatic rings. The van der Waals surface area contributed by atoms with E-state index in [1.807, 2.05) is 39.0 Å². The van der Waals surface area contributed by atoms with Gasteiger partial charge in [0.05, 0.1) is 23.5 Å². The van der Waals surface area contributed by atoms with Crippen molar-refractivity contribution in [1.82, 2.24) is 0 Å². The van der Waals surface area contributed by atoms with Gasteiger partial charge in [-0.15, -0.1) is 18.3 Å². The quantitative estimate of drug-likeness (QED) is 0.0988. The van der Waals surface area contributed by atoms with Gasteiger partial charge in [-0.05, 0) is 94.2 Å². The molecule has 2 aliphatic carbocycles. The number of allylic oxidation sites excluding steroid dienone is 1. The standard InChI is InChI=1S/C40H53NO6S/c1-6-23-44-29-19-20-35-33(26-29)37-31(18-12-14-22-43)28(15-11-13-21-42)25-32-34(41-47-39(3,4)5)27-36(48-30-16-9-8-10-17-30)40(46-35,38(32)37)45-24-7-2/h6-10,16-17,19-20,25-26,28,31,36-38,42-43H,1-2,11-15,18,21-24,27H2,3-5H3/t28-,31+,36-,37+,38+,40+/m0/s1. The van der Waals surface area contributed by atoms with Crippen LogP contribution in [0.15, 0.2) is 95.5 Å². The summed E-state index contributed by atoms with van der Waals surface area (Å²) in [5.41, 5.74) is 2.69. The fourth-order valence-corrected chi connectivity index (χ4v) is 8.84. The van der Waals surface area contributed by atoms with Gasteiger partial charge in [0.2, 0.25) is 5.79 Å². The van der Waals surface area contributed by atoms with Crippen LogP contribution in [0, 0.1) is 17.8 Å². The molecule has 8 heteroatoms. The molecule has 0 amide bonds. The van der Waals surface area contributed by atoms with Gasteiger partial charge >= 0.3 is 0 Å². The minimum absolute atomic E-state index is 0.0164. The number of aliphatic hydroxyl groups is 2. The van der Waals surface area contributed by atoms with Crippen LogP contribution in [0.1, 0.15) is 77.2 Å². The van der Waals surface area contributed by atoms with Crippen molar-refractivity contribution < 1.29 is 29.3 Å². The van der Waals surface area contributed by atoms with Crippen molar-refractivity contribution in [2.45, 2.75) is 93.2 Å². The van der Waals surface area contributed by atoms with Gasteiger partial charge in [-0.1, -0.05) is 61.0 Å². The van der Waals surface area contributed by atoms with E-state index in [1.165, 1.54) is 0 Å². The third-order valence-corrected chi connectivity index (χ3v) is 10.8. The third-order valence-electron chi connectivity index (χ3n) is 9.44. The number of hydrogen-bond donors (Lipinski definition) is 2. The molecule has 5 rings (SSSR count). The molecular weight excluding hydrogens is 623 g/mol. The Labute approximate surface area is 291 Å². The number of benzene rings is 2. The number of oxime groups is 1. The Bertz CT molecular complexity index is 1430. The Kier molecular flexibility index (Phi) is 12.5. The maximum Gasteiger partial charge on any atom is 0.231 e. The normalized spacial score (nSPS) is 26.9. The molecule has 260 valence electrons. The maximum atomic E-state index is 9.80. The first-order valence-corrected chi connectivity index (χ1v) is 18.3. The van der Waals surface area contributed by atoms with Crippen molar-refractivity contribution in [3.8, 4) is 11.5 Å². The highest BCUT2D eigenvalue weighted by Gasteiger charge is 2.64. The highest BCUT2D eigenvalue weighted by molar-refractivity contribution is 8.00. The fraction of sp³-hybridized carbons (Fsp3) is 0.525. The average molecular weight is 676 g/mol. The van der Waals surface area contributed by atoms with Gasteiger partial charge in [-0.3, -0.25) is 0 Å². The summed E-state index contributed by atoms with van der Waals surface area (Å²) < 4.78 is 20.3. The lowest BCUT2D eigenvalue weighted by Crippen LogP contribution is -2.64. The Morgan fingerprint density at radius 2 is 1.71 bits per heavy atom. The van der Waals surface area contributed by atoms with Gasteiger partial charge in [0.25, 0.3) is 0 Å². The topological polar surface area (TPSA) is 89.7 Å². The molecule has 0 saturated heterocycles. The maximum absolute atomic E-state index is 9.80. The van der Waals surface area contributed by atoms with Gasteiger partial charge in [-0.25, -0.2) is 0 Å². The number of ether oxygens (including phenoxy) is 3. The van der Waals surface area contributed by atoms with Crippen LogP contribution in [0.4, 0.5) is 0 Å². The van der Waals surface area contributed by atoms with Crippen molar-refractivity contribution in [2.75, 3.05) is 26.4 Å². The molecule has 1 heterocycles. The van der Waals surface area contributed by atoms with Crippen molar-refractivity contribution in [1.29, 1.82) is 0 Å². The van der Waals surface area contributed by atoms with Gasteiger partial charge in [0, 0.05) is 36.0 Å². The Balaban J connectivity index is 1.75. The van der Waals surface area contributed by atoms with Crippen molar-refractivity contribution >= 4 is 17.5 Å². The molecule has 2 aromatic rings. The van der Waals surface area contributed by atoms with Crippen molar-refractivity contribution in [3.63, 3.8) is 0 Å². The monoisotopic (exact) mass is 675 g/mol. The van der Waals surface area contributed by atoms with Crippen molar-refractivity contribution in [3.05, 3.63) is 91.1 Å². The summed E-state index contributed by atoms with van der Waals surface area (Å²) >= 11 is 1.76. The number of hydrogen-bond acceptors (Lipinski definition) is 8. The van der Waals surface area contributed by atoms with E-state index < -0.39 is 11.4 Å². The number of fused-ring (bicyclic) bond motifs is 2. The molecule has 0 aromatic heterocycles. The molecule has 0 spiro atoms. The van der Waals surface area contributed by atoms with E-state index >= 15 is 0 Å². The van der Waals surface area contributed by atoms with Crippen molar-refractivity contribution in [2.24, 2.45) is 22.9 Å². The lowest BCUT2D eigenvalue weighted by atomic mass is 9.56. The molecule has 1 aliphatic heterocycles. The SMILES string of the molecule is C=CCOc1ccc2c(c1)[C@H]1[C@H](CCCCO)[C@@H](CCCCO)C=C3C(=NOC(C)(C)C)C[C@H](Sc4ccccc4)[C@@](OCC=C)(O2)[C@H]31. The molecule has 7 nitrogen and oxygen atoms in total. The number of nitrogens with zero attached hydrogens (tertiary/aromatic N) is 1. The van der Waals surface area contributed by atoms with Crippen LogP contribution >= 0.6 is 11.8 Å². The van der Waals surface area contributed by atoms with Gasteiger partial charge < -0.3 is 29.3 Å². The molecular formula is C40H53NO6S. The van der Waals surface area contributed by atoms with Crippen LogP contribution in [0.3, 0.4) is 0 Å². The largest absolute Gasteiger partial charge is 0.490 e. The molecule has 0 unspecified atom stereocenters. The average Bonchev–Trinajstić information content (AvgIpc) is 3.08. The van der Waals surface area contributed by atoms with E-state index in [2.05, 4.69) is 49.6 Å². The first-order chi connectivity index (χ1) is 23.2. The van der Waals surface area contributed by atoms with Crippen LogP contribution in [0.5, 0.6) is 11.5 Å². The Hall–Kier alpha value is -3.04. The van der Waals surface area contributed by atoms with Crippen LogP contribution in [-0.4, -0.2) is 59.0 Å². The summed E-state index contributed by atoms with van der Waals surface area (Å²) in [4.78, 5) is 7.30. The van der Waals surface area contributed by atoms with Crippen LogP contribution in [0.2, 0.25) is 0 Å². The number of thioether (sulfide) groups is 1. The molecule has 0 radical (unpaired) electrons. The van der Waals surface area contributed by atoms with E-state index in [-0.39, 0.29) is 42.1 Å². The summed E-state index contributed by atoms with van der Waals surface area (Å²) in [5.74, 6) is 0.846. The smallest absolute Gasteiger partial charge is 0.231 e. The lowest BCUT2D eigenvalue weighted by Gasteiger charge is -2.58. The predicted octanol–water partition coefficient (Wildman–Crippen LogP) is 8.48. The lowest BCUT2D eigenvalue weighted by molar-refractivity contribution is -0.223. The Morgan fingerprint density at radius 1 is 0.979 bits per heavy atom. The second-order valence-electron chi connectivity index (χ2n) is 14.0. The van der Waals surface area contributed by atoms with E-state index in [0.717, 1.165) is 71.8 Å². The van der Waals surface area contributed by atoms with E-state index in [1.54, 1.807) is 23.9 Å². The third kappa shape index (κ3) is 8.21. The fourth-order valence-electron chi connectivity index (χ4n) is 7.52. The number of aliphatic hydroxyl groups excluding tert-OH is 2. The molecule has 48 heavy (non-hydrogen) atoms. The molecule has 2 N–H and O–H groups in total. The summed E-state index contributed by atoms with van der Waals surface area (Å²) in [6.45, 7) is 15.0. The van der Waals surface area contributed by atoms with Crippen LogP contribution < -0.4 is 9.47 Å². The van der Waals surface area contributed by atoms with Crippen LogP contribution in [-0.2, 0) is 9.57 Å². The van der Waals surface area contributed by atoms with E-state index in [4.69, 9.17) is 24.2 Å². The second-order valence-corrected chi connectivity index (χ2v) is 15.3. The Morgan fingerprint density at radius 3 is 2.40 bits per heavy atom. The molecule has 6 atom stereocenters. The van der Waals surface area contributed by atoms with Gasteiger partial charge in [0.15, 0.2) is 0 Å².